The van der Waals surface area contributed by atoms with Crippen molar-refractivity contribution in [2.75, 3.05) is 13.2 Å². The number of nitrogens with one attached hydrogen (secondary N) is 1. The summed E-state index contributed by atoms with van der Waals surface area (Å²) >= 11 is 0. The molecule has 81 heavy (non-hydrogen) atoms. The van der Waals surface area contributed by atoms with Crippen LogP contribution in [0.5, 0.6) is 0 Å². The van der Waals surface area contributed by atoms with E-state index in [1.807, 2.05) is 6.08 Å². The third-order valence-electron chi connectivity index (χ3n) is 17.2. The van der Waals surface area contributed by atoms with Gasteiger partial charge in [0.05, 0.1) is 25.4 Å². The Hall–Kier alpha value is -1.92. The molecule has 0 saturated carbocycles. The number of unbranched alkanes of at least 4 members (excludes halogenated alkanes) is 54. The second-order valence-corrected chi connectivity index (χ2v) is 25.3. The monoisotopic (exact) mass is 1140 g/mol. The van der Waals surface area contributed by atoms with E-state index in [1.165, 1.54) is 321 Å². The van der Waals surface area contributed by atoms with Gasteiger partial charge in [0, 0.05) is 12.8 Å². The topological polar surface area (TPSA) is 95.9 Å². The molecule has 0 spiro atoms. The van der Waals surface area contributed by atoms with Crippen molar-refractivity contribution < 1.29 is 24.5 Å². The number of carbonyl (C=O) groups excluding carboxylic acids is 2. The molecule has 0 fully saturated rings. The molecular weight excluding hydrogens is 995 g/mol. The lowest BCUT2D eigenvalue weighted by molar-refractivity contribution is -0.143. The zero-order chi connectivity index (χ0) is 58.5. The largest absolute Gasteiger partial charge is 0.466 e. The van der Waals surface area contributed by atoms with Crippen molar-refractivity contribution in [1.29, 1.82) is 0 Å². The van der Waals surface area contributed by atoms with Crippen molar-refractivity contribution in [3.63, 3.8) is 0 Å². The second kappa shape index (κ2) is 70.6. The van der Waals surface area contributed by atoms with Crippen molar-refractivity contribution in [3.8, 4) is 0 Å². The van der Waals surface area contributed by atoms with Gasteiger partial charge in [-0.2, -0.15) is 0 Å². The number of aliphatic hydroxyl groups is 2. The average molecular weight is 1140 g/mol. The van der Waals surface area contributed by atoms with Crippen LogP contribution in [-0.2, 0) is 14.3 Å². The molecule has 0 rings (SSSR count). The van der Waals surface area contributed by atoms with E-state index < -0.39 is 12.1 Å². The minimum Gasteiger partial charge on any atom is -0.466 e. The number of amides is 1. The van der Waals surface area contributed by atoms with Crippen LogP contribution in [0.1, 0.15) is 406 Å². The van der Waals surface area contributed by atoms with E-state index in [4.69, 9.17) is 4.74 Å². The number of ether oxygens (including phenoxy) is 1. The first-order valence-electron chi connectivity index (χ1n) is 36.8. The molecule has 0 bridgehead atoms. The van der Waals surface area contributed by atoms with Crippen molar-refractivity contribution in [1.82, 2.24) is 5.32 Å². The average Bonchev–Trinajstić information content (AvgIpc) is 3.47. The normalized spacial score (nSPS) is 12.7. The maximum absolute atomic E-state index is 12.5. The van der Waals surface area contributed by atoms with Crippen LogP contribution in [0.15, 0.2) is 36.5 Å². The number of rotatable bonds is 69. The third kappa shape index (κ3) is 67.1. The highest BCUT2D eigenvalue weighted by molar-refractivity contribution is 5.76. The van der Waals surface area contributed by atoms with Gasteiger partial charge in [0.2, 0.25) is 5.91 Å². The van der Waals surface area contributed by atoms with Crippen LogP contribution < -0.4 is 5.32 Å². The number of allylic oxidation sites excluding steroid dienone is 5. The predicted molar refractivity (Wildman–Crippen MR) is 356 cm³/mol. The number of hydrogen-bond donors (Lipinski definition) is 3. The van der Waals surface area contributed by atoms with E-state index in [0.717, 1.165) is 57.8 Å². The molecule has 0 aromatic heterocycles. The van der Waals surface area contributed by atoms with Gasteiger partial charge in [-0.15, -0.1) is 0 Å². The van der Waals surface area contributed by atoms with Gasteiger partial charge in [-0.25, -0.2) is 0 Å². The molecule has 6 heteroatoms. The van der Waals surface area contributed by atoms with Gasteiger partial charge in [-0.05, 0) is 64.2 Å². The van der Waals surface area contributed by atoms with Crippen LogP contribution in [0.4, 0.5) is 0 Å². The summed E-state index contributed by atoms with van der Waals surface area (Å²) in [5.74, 6) is -0.0628. The highest BCUT2D eigenvalue weighted by Crippen LogP contribution is 2.19. The molecule has 3 N–H and O–H groups in total. The minimum absolute atomic E-state index is 0.0116. The molecule has 0 radical (unpaired) electrons. The number of carbonyl (C=O) groups is 2. The molecule has 0 aliphatic carbocycles. The summed E-state index contributed by atoms with van der Waals surface area (Å²) in [4.78, 5) is 24.6. The van der Waals surface area contributed by atoms with Gasteiger partial charge in [0.15, 0.2) is 0 Å². The first kappa shape index (κ1) is 79.1. The Bertz CT molecular complexity index is 1310. The van der Waals surface area contributed by atoms with Crippen LogP contribution in [0.2, 0.25) is 0 Å². The van der Waals surface area contributed by atoms with E-state index in [2.05, 4.69) is 43.5 Å². The van der Waals surface area contributed by atoms with Crippen LogP contribution in [0, 0.1) is 0 Å². The smallest absolute Gasteiger partial charge is 0.305 e. The molecule has 478 valence electrons. The quantitative estimate of drug-likeness (QED) is 0.0320. The van der Waals surface area contributed by atoms with Crippen LogP contribution in [0.25, 0.3) is 0 Å². The predicted octanol–water partition coefficient (Wildman–Crippen LogP) is 23.9. The number of aliphatic hydroxyl groups excluding tert-OH is 2. The summed E-state index contributed by atoms with van der Waals surface area (Å²) in [6.45, 7) is 4.94. The van der Waals surface area contributed by atoms with Gasteiger partial charge in [0.1, 0.15) is 0 Å². The molecule has 0 heterocycles. The zero-order valence-corrected chi connectivity index (χ0v) is 54.8. The van der Waals surface area contributed by atoms with Gasteiger partial charge in [-0.1, -0.05) is 365 Å². The van der Waals surface area contributed by atoms with E-state index in [9.17, 15) is 19.8 Å². The molecule has 2 atom stereocenters. The Kier molecular flexibility index (Phi) is 68.9. The molecule has 0 aliphatic rings. The van der Waals surface area contributed by atoms with Crippen LogP contribution in [-0.4, -0.2) is 47.4 Å². The number of esters is 1. The third-order valence-corrected chi connectivity index (χ3v) is 17.2. The summed E-state index contributed by atoms with van der Waals surface area (Å²) in [5, 5.41) is 23.3. The SMILES string of the molecule is CCCCCCCCCCCCCCCCCCCCCCC/C=C/C(O)C(CO)NC(=O)CCCCCCCCC/C=C\C/C=C\CCCCCCCCCCCOC(=O)CCCCCCCCCCCCCCCCCCCC. The van der Waals surface area contributed by atoms with E-state index in [1.54, 1.807) is 6.08 Å². The first-order valence-corrected chi connectivity index (χ1v) is 36.8. The van der Waals surface area contributed by atoms with Crippen molar-refractivity contribution >= 4 is 11.9 Å². The lowest BCUT2D eigenvalue weighted by Gasteiger charge is -2.20. The van der Waals surface area contributed by atoms with Crippen molar-refractivity contribution in [2.45, 2.75) is 418 Å². The lowest BCUT2D eigenvalue weighted by atomic mass is 10.0. The van der Waals surface area contributed by atoms with Crippen molar-refractivity contribution in [2.24, 2.45) is 0 Å². The van der Waals surface area contributed by atoms with Crippen molar-refractivity contribution in [3.05, 3.63) is 36.5 Å². The van der Waals surface area contributed by atoms with E-state index in [0.29, 0.717) is 19.4 Å². The Morgan fingerprint density at radius 2 is 0.617 bits per heavy atom. The zero-order valence-electron chi connectivity index (χ0n) is 54.8. The maximum Gasteiger partial charge on any atom is 0.305 e. The van der Waals surface area contributed by atoms with Crippen LogP contribution >= 0.6 is 0 Å². The maximum atomic E-state index is 12.5. The summed E-state index contributed by atoms with van der Waals surface area (Å²) < 4.78 is 5.50. The molecule has 2 unspecified atom stereocenters. The molecule has 1 amide bonds. The minimum atomic E-state index is -0.853. The fourth-order valence-electron chi connectivity index (χ4n) is 11.6. The Morgan fingerprint density at radius 1 is 0.346 bits per heavy atom. The van der Waals surface area contributed by atoms with Crippen LogP contribution in [0.3, 0.4) is 0 Å². The first-order chi connectivity index (χ1) is 40.0. The fraction of sp³-hybridized carbons (Fsp3) is 0.893. The van der Waals surface area contributed by atoms with E-state index >= 15 is 0 Å². The second-order valence-electron chi connectivity index (χ2n) is 25.3. The molecule has 0 saturated heterocycles. The Labute approximate surface area is 506 Å². The van der Waals surface area contributed by atoms with E-state index in [-0.39, 0.29) is 18.5 Å². The molecule has 0 aliphatic heterocycles. The summed E-state index contributed by atoms with van der Waals surface area (Å²) in [6, 6.07) is -0.637. The summed E-state index contributed by atoms with van der Waals surface area (Å²) in [6.07, 6.45) is 90.9. The molecular formula is C75H143NO5. The van der Waals surface area contributed by atoms with Gasteiger partial charge < -0.3 is 20.3 Å². The van der Waals surface area contributed by atoms with Gasteiger partial charge in [-0.3, -0.25) is 9.59 Å². The summed E-state index contributed by atoms with van der Waals surface area (Å²) in [7, 11) is 0. The van der Waals surface area contributed by atoms with Gasteiger partial charge >= 0.3 is 5.97 Å². The molecule has 0 aromatic rings. The highest BCUT2D eigenvalue weighted by Gasteiger charge is 2.18. The summed E-state index contributed by atoms with van der Waals surface area (Å²) in [5.41, 5.74) is 0. The lowest BCUT2D eigenvalue weighted by Crippen LogP contribution is -2.45. The Morgan fingerprint density at radius 3 is 0.938 bits per heavy atom. The highest BCUT2D eigenvalue weighted by atomic mass is 16.5. The standard InChI is InChI=1S/C75H143NO5/c1-3-5-7-9-11-13-15-17-19-21-23-24-26-29-32-35-39-43-47-51-55-59-63-67-73(78)72(71-77)76-74(79)68-64-60-56-52-48-44-40-36-33-30-27-25-28-31-34-38-42-46-50-54-58-62-66-70-81-75(80)69-65-61-57-53-49-45-41-37-22-20-18-16-14-12-10-8-6-4-2/h25,28,30,33,63,67,72-73,77-78H,3-24,26-27,29,31-32,34-62,64-66,68-71H2,1-2H3,(H,76,79)/b28-25-,33-30-,67-63+. The van der Waals surface area contributed by atoms with Gasteiger partial charge in [0.25, 0.3) is 0 Å². The number of hydrogen-bond acceptors (Lipinski definition) is 5. The fourth-order valence-corrected chi connectivity index (χ4v) is 11.6. The Balaban J connectivity index is 3.45. The molecule has 0 aromatic carbocycles. The molecule has 6 nitrogen and oxygen atoms in total.